The summed E-state index contributed by atoms with van der Waals surface area (Å²) in [7, 11) is -3.52. The third-order valence-electron chi connectivity index (χ3n) is 4.75. The molecule has 0 radical (unpaired) electrons. The van der Waals surface area contributed by atoms with Gasteiger partial charge in [-0.3, -0.25) is 0 Å². The van der Waals surface area contributed by atoms with Gasteiger partial charge in [-0.1, -0.05) is 60.2 Å². The summed E-state index contributed by atoms with van der Waals surface area (Å²) in [6.07, 6.45) is 1.35. The van der Waals surface area contributed by atoms with E-state index in [9.17, 15) is 12.8 Å². The minimum Gasteiger partial charge on any atom is -0.211 e. The molecule has 3 nitrogen and oxygen atoms in total. The molecule has 1 unspecified atom stereocenters. The van der Waals surface area contributed by atoms with Crippen LogP contribution >= 0.6 is 0 Å². The molecule has 0 aliphatic carbocycles. The van der Waals surface area contributed by atoms with Crippen LogP contribution in [0.2, 0.25) is 0 Å². The number of hydrogen-bond donors (Lipinski definition) is 1. The second kappa shape index (κ2) is 9.13. The molecule has 0 amide bonds. The summed E-state index contributed by atoms with van der Waals surface area (Å²) in [5.74, 6) is -0.251. The van der Waals surface area contributed by atoms with Crippen LogP contribution in [0, 0.1) is 12.7 Å². The number of sulfonamides is 1. The van der Waals surface area contributed by atoms with E-state index in [-0.39, 0.29) is 16.6 Å². The molecule has 28 heavy (non-hydrogen) atoms. The van der Waals surface area contributed by atoms with E-state index in [1.54, 1.807) is 36.4 Å². The van der Waals surface area contributed by atoms with Crippen LogP contribution in [0.15, 0.2) is 83.8 Å². The predicted molar refractivity (Wildman–Crippen MR) is 110 cm³/mol. The summed E-state index contributed by atoms with van der Waals surface area (Å²) >= 11 is 0. The van der Waals surface area contributed by atoms with Crippen LogP contribution in [0.25, 0.3) is 0 Å². The van der Waals surface area contributed by atoms with E-state index in [0.717, 1.165) is 16.7 Å². The summed E-state index contributed by atoms with van der Waals surface area (Å²) < 4.78 is 41.2. The summed E-state index contributed by atoms with van der Waals surface area (Å²) in [6.45, 7) is 2.24. The third kappa shape index (κ3) is 5.27. The fraction of sp³-hybridized carbons (Fsp3) is 0.217. The van der Waals surface area contributed by atoms with E-state index in [2.05, 4.69) is 4.72 Å². The molecule has 0 saturated heterocycles. The zero-order chi connectivity index (χ0) is 20.0. The molecule has 0 aliphatic rings. The zero-order valence-electron chi connectivity index (χ0n) is 15.8. The first kappa shape index (κ1) is 20.2. The molecule has 146 valence electrons. The molecule has 0 spiro atoms. The molecule has 3 aromatic rings. The van der Waals surface area contributed by atoms with Gasteiger partial charge in [0.15, 0.2) is 0 Å². The molecule has 0 aromatic heterocycles. The van der Waals surface area contributed by atoms with E-state index in [0.29, 0.717) is 19.4 Å². The average Bonchev–Trinajstić information content (AvgIpc) is 2.69. The summed E-state index contributed by atoms with van der Waals surface area (Å²) in [5, 5.41) is 0. The van der Waals surface area contributed by atoms with Crippen LogP contribution in [-0.4, -0.2) is 15.0 Å². The minimum absolute atomic E-state index is 0.0146. The van der Waals surface area contributed by atoms with Crippen molar-refractivity contribution >= 4 is 10.0 Å². The fourth-order valence-corrected chi connectivity index (χ4v) is 4.32. The van der Waals surface area contributed by atoms with Gasteiger partial charge < -0.3 is 0 Å². The van der Waals surface area contributed by atoms with Gasteiger partial charge in [-0.15, -0.1) is 0 Å². The fourth-order valence-electron chi connectivity index (χ4n) is 3.25. The largest absolute Gasteiger partial charge is 0.240 e. The number of aryl methyl sites for hydroxylation is 1. The first-order chi connectivity index (χ1) is 13.5. The number of nitrogens with one attached hydrogen (secondary N) is 1. The highest BCUT2D eigenvalue weighted by Crippen LogP contribution is 2.29. The Balaban J connectivity index is 1.67. The Kier molecular flexibility index (Phi) is 6.60. The summed E-state index contributed by atoms with van der Waals surface area (Å²) in [5.41, 5.74) is 3.00. The van der Waals surface area contributed by atoms with Gasteiger partial charge in [0, 0.05) is 12.5 Å². The van der Waals surface area contributed by atoms with Gasteiger partial charge >= 0.3 is 0 Å². The topological polar surface area (TPSA) is 46.2 Å². The van der Waals surface area contributed by atoms with E-state index in [1.165, 1.54) is 6.07 Å². The van der Waals surface area contributed by atoms with Crippen molar-refractivity contribution in [1.82, 2.24) is 4.72 Å². The van der Waals surface area contributed by atoms with Crippen molar-refractivity contribution in [2.45, 2.75) is 30.6 Å². The molecule has 0 fully saturated rings. The van der Waals surface area contributed by atoms with Gasteiger partial charge in [0.1, 0.15) is 5.82 Å². The van der Waals surface area contributed by atoms with E-state index in [1.807, 2.05) is 43.3 Å². The van der Waals surface area contributed by atoms with E-state index in [4.69, 9.17) is 0 Å². The van der Waals surface area contributed by atoms with Gasteiger partial charge in [-0.05, 0) is 55.2 Å². The molecule has 0 heterocycles. The Hall–Kier alpha value is -2.50. The highest BCUT2D eigenvalue weighted by atomic mass is 32.2. The molecule has 3 aromatic carbocycles. The molecule has 5 heteroatoms. The predicted octanol–water partition coefficient (Wildman–Crippen LogP) is 5.02. The van der Waals surface area contributed by atoms with E-state index >= 15 is 0 Å². The van der Waals surface area contributed by atoms with Crippen LogP contribution < -0.4 is 4.72 Å². The average molecular weight is 398 g/mol. The highest BCUT2D eigenvalue weighted by molar-refractivity contribution is 7.89. The van der Waals surface area contributed by atoms with Gasteiger partial charge in [0.25, 0.3) is 0 Å². The van der Waals surface area contributed by atoms with Crippen LogP contribution in [0.5, 0.6) is 0 Å². The number of benzene rings is 3. The lowest BCUT2D eigenvalue weighted by Gasteiger charge is -2.18. The van der Waals surface area contributed by atoms with Crippen molar-refractivity contribution in [2.75, 3.05) is 6.54 Å². The van der Waals surface area contributed by atoms with Crippen molar-refractivity contribution in [3.8, 4) is 0 Å². The van der Waals surface area contributed by atoms with Crippen molar-refractivity contribution in [2.24, 2.45) is 0 Å². The smallest absolute Gasteiger partial charge is 0.211 e. The second-order valence-electron chi connectivity index (χ2n) is 6.87. The Bertz CT molecular complexity index is 1000. The van der Waals surface area contributed by atoms with E-state index < -0.39 is 10.0 Å². The Morgan fingerprint density at radius 2 is 1.57 bits per heavy atom. The summed E-state index contributed by atoms with van der Waals surface area (Å²) in [4.78, 5) is 0.267. The highest BCUT2D eigenvalue weighted by Gasteiger charge is 2.16. The van der Waals surface area contributed by atoms with Crippen molar-refractivity contribution < 1.29 is 12.8 Å². The van der Waals surface area contributed by atoms with Crippen molar-refractivity contribution in [1.29, 1.82) is 0 Å². The first-order valence-electron chi connectivity index (χ1n) is 9.32. The Morgan fingerprint density at radius 1 is 0.893 bits per heavy atom. The maximum absolute atomic E-state index is 13.7. The van der Waals surface area contributed by atoms with Gasteiger partial charge in [-0.2, -0.15) is 0 Å². The van der Waals surface area contributed by atoms with Crippen LogP contribution in [0.4, 0.5) is 4.39 Å². The number of hydrogen-bond acceptors (Lipinski definition) is 2. The molecule has 1 N–H and O–H groups in total. The molecule has 0 bridgehead atoms. The lowest BCUT2D eigenvalue weighted by atomic mass is 9.87. The first-order valence-corrected chi connectivity index (χ1v) is 10.8. The van der Waals surface area contributed by atoms with Gasteiger partial charge in [0.2, 0.25) is 10.0 Å². The summed E-state index contributed by atoms with van der Waals surface area (Å²) in [6, 6.07) is 23.3. The quantitative estimate of drug-likeness (QED) is 0.542. The normalized spacial score (nSPS) is 12.6. The minimum atomic E-state index is -3.52. The maximum Gasteiger partial charge on any atom is 0.240 e. The van der Waals surface area contributed by atoms with Gasteiger partial charge in [0.05, 0.1) is 4.90 Å². The molecule has 0 aliphatic heterocycles. The van der Waals surface area contributed by atoms with Crippen LogP contribution in [0.1, 0.15) is 35.4 Å². The zero-order valence-corrected chi connectivity index (χ0v) is 16.6. The van der Waals surface area contributed by atoms with Gasteiger partial charge in [-0.25, -0.2) is 17.5 Å². The molecule has 0 saturated carbocycles. The van der Waals surface area contributed by atoms with Crippen LogP contribution in [0.3, 0.4) is 0 Å². The van der Waals surface area contributed by atoms with Crippen molar-refractivity contribution in [3.63, 3.8) is 0 Å². The number of rotatable bonds is 8. The SMILES string of the molecule is Cc1ccc(S(=O)(=O)NCCCC(c2ccccc2)c2cccc(F)c2)cc1. The second-order valence-corrected chi connectivity index (χ2v) is 8.64. The molecule has 1 atom stereocenters. The molecular weight excluding hydrogens is 373 g/mol. The monoisotopic (exact) mass is 397 g/mol. The number of halogens is 1. The van der Waals surface area contributed by atoms with Crippen LogP contribution in [-0.2, 0) is 10.0 Å². The lowest BCUT2D eigenvalue weighted by molar-refractivity contribution is 0.572. The third-order valence-corrected chi connectivity index (χ3v) is 6.22. The Labute approximate surface area is 166 Å². The van der Waals surface area contributed by atoms with Crippen molar-refractivity contribution in [3.05, 3.63) is 101 Å². The maximum atomic E-state index is 13.7. The molecular formula is C23H24FNO2S. The standard InChI is InChI=1S/C23H24FNO2S/c1-18-12-14-22(15-13-18)28(26,27)25-16-6-11-23(19-7-3-2-4-8-19)20-9-5-10-21(24)17-20/h2-5,7-10,12-15,17,23,25H,6,11,16H2,1H3. The lowest BCUT2D eigenvalue weighted by Crippen LogP contribution is -2.25. The Morgan fingerprint density at radius 3 is 2.25 bits per heavy atom. The molecule has 3 rings (SSSR count).